The van der Waals surface area contributed by atoms with Crippen LogP contribution in [0.1, 0.15) is 48.7 Å². The van der Waals surface area contributed by atoms with Crippen molar-refractivity contribution < 1.29 is 41.7 Å². The van der Waals surface area contributed by atoms with Crippen LogP contribution in [-0.2, 0) is 11.3 Å². The number of hydrogen-bond acceptors (Lipinski definition) is 7. The monoisotopic (exact) mass is 654 g/mol. The van der Waals surface area contributed by atoms with Crippen molar-refractivity contribution in [3.05, 3.63) is 62.7 Å². The van der Waals surface area contributed by atoms with Crippen LogP contribution in [0.25, 0.3) is 10.9 Å². The summed E-state index contributed by atoms with van der Waals surface area (Å²) in [5.41, 5.74) is -0.198. The van der Waals surface area contributed by atoms with Crippen LogP contribution in [0.3, 0.4) is 0 Å². The molecule has 242 valence electrons. The lowest BCUT2D eigenvalue weighted by molar-refractivity contribution is -0.274. The molecule has 1 amide bonds. The van der Waals surface area contributed by atoms with Gasteiger partial charge in [-0.15, -0.1) is 13.2 Å². The Morgan fingerprint density at radius 1 is 1.13 bits per heavy atom. The van der Waals surface area contributed by atoms with Crippen LogP contribution >= 0.6 is 11.6 Å². The highest BCUT2D eigenvalue weighted by Gasteiger charge is 2.36. The quantitative estimate of drug-likeness (QED) is 0.312. The van der Waals surface area contributed by atoms with Gasteiger partial charge in [0.1, 0.15) is 17.0 Å². The molecule has 2 atom stereocenters. The number of carbonyl (C=O) groups is 2. The number of nitrogens with zero attached hydrogens (tertiary/aromatic N) is 3. The topological polar surface area (TPSA) is 113 Å². The molecular weight excluding hydrogens is 624 g/mol. The molecule has 1 saturated carbocycles. The Balaban J connectivity index is 1.48. The van der Waals surface area contributed by atoms with E-state index in [1.165, 1.54) is 19.4 Å². The first-order valence-corrected chi connectivity index (χ1v) is 14.6. The smallest absolute Gasteiger partial charge is 0.492 e. The van der Waals surface area contributed by atoms with Crippen molar-refractivity contribution in [3.63, 3.8) is 0 Å². The van der Waals surface area contributed by atoms with E-state index < -0.39 is 35.2 Å². The van der Waals surface area contributed by atoms with Gasteiger partial charge in [0.2, 0.25) is 5.43 Å². The predicted molar refractivity (Wildman–Crippen MR) is 158 cm³/mol. The summed E-state index contributed by atoms with van der Waals surface area (Å²) in [4.78, 5) is 41.9. The number of fused-ring (bicyclic) bond motifs is 1. The summed E-state index contributed by atoms with van der Waals surface area (Å²) in [6.45, 7) is 4.00. The second-order valence-electron chi connectivity index (χ2n) is 11.3. The lowest BCUT2D eigenvalue weighted by Crippen LogP contribution is -2.58. The molecule has 3 aromatic rings. The van der Waals surface area contributed by atoms with E-state index in [0.717, 1.165) is 31.0 Å². The number of piperazine rings is 1. The number of anilines is 1. The summed E-state index contributed by atoms with van der Waals surface area (Å²) < 4.78 is 64.9. The standard InChI is InChI=1S/C30H31ClF4N4O6/c1-15-11-37(12-16(2)38(15)14-24(40)41)26-23(32)9-20-25(28(26)44-3)39(18-5-6-18)13-21(27(20)42)29(43)36-10-17-4-7-19(8-22(17)31)45-30(33,34)35/h4,7-9,13,15-16,18H,5-6,10-12,14H2,1-3H3,(H,36,43)(H,40,41)/t15-,16+. The first-order chi connectivity index (χ1) is 21.2. The molecule has 0 spiro atoms. The van der Waals surface area contributed by atoms with Gasteiger partial charge in [-0.05, 0) is 50.5 Å². The Morgan fingerprint density at radius 3 is 2.36 bits per heavy atom. The van der Waals surface area contributed by atoms with Crippen molar-refractivity contribution in [1.82, 2.24) is 14.8 Å². The number of carboxylic acid groups (broad SMARTS) is 1. The third kappa shape index (κ3) is 6.81. The fourth-order valence-electron chi connectivity index (χ4n) is 5.88. The molecule has 1 aliphatic heterocycles. The van der Waals surface area contributed by atoms with Gasteiger partial charge >= 0.3 is 12.3 Å². The van der Waals surface area contributed by atoms with E-state index in [0.29, 0.717) is 18.6 Å². The molecule has 2 N–H and O–H groups in total. The third-order valence-electron chi connectivity index (χ3n) is 8.02. The van der Waals surface area contributed by atoms with Crippen LogP contribution in [-0.4, -0.2) is 71.6 Å². The number of carbonyl (C=O) groups excluding carboxylic acids is 1. The number of benzene rings is 2. The summed E-state index contributed by atoms with van der Waals surface area (Å²) in [6, 6.07) is 3.88. The Hall–Kier alpha value is -4.04. The van der Waals surface area contributed by atoms with Gasteiger partial charge in [0.15, 0.2) is 11.6 Å². The van der Waals surface area contributed by atoms with E-state index in [2.05, 4.69) is 10.1 Å². The maximum atomic E-state index is 16.0. The molecule has 15 heteroatoms. The number of rotatable bonds is 9. The summed E-state index contributed by atoms with van der Waals surface area (Å²) in [5, 5.41) is 11.7. The van der Waals surface area contributed by atoms with Gasteiger partial charge in [-0.2, -0.15) is 0 Å². The SMILES string of the molecule is COc1c(N2C[C@@H](C)N(CC(=O)O)[C@@H](C)C2)c(F)cc2c(=O)c(C(=O)NCc3ccc(OC(F)(F)F)cc3Cl)cn(C3CC3)c12. The molecule has 0 radical (unpaired) electrons. The van der Waals surface area contributed by atoms with Gasteiger partial charge in [0, 0.05) is 49.0 Å². The van der Waals surface area contributed by atoms with Crippen molar-refractivity contribution in [2.45, 2.75) is 57.7 Å². The molecule has 2 heterocycles. The minimum Gasteiger partial charge on any atom is -0.492 e. The van der Waals surface area contributed by atoms with Gasteiger partial charge in [0.25, 0.3) is 5.91 Å². The van der Waals surface area contributed by atoms with E-state index in [-0.39, 0.29) is 64.2 Å². The average Bonchev–Trinajstić information content (AvgIpc) is 3.78. The molecule has 1 saturated heterocycles. The molecule has 2 aromatic carbocycles. The van der Waals surface area contributed by atoms with Gasteiger partial charge in [0.05, 0.1) is 24.6 Å². The Bertz CT molecular complexity index is 1700. The number of aromatic nitrogens is 1. The second kappa shape index (κ2) is 12.4. The number of halogens is 5. The minimum absolute atomic E-state index is 0.0510. The lowest BCUT2D eigenvalue weighted by atomic mass is 10.0. The van der Waals surface area contributed by atoms with Gasteiger partial charge in [-0.25, -0.2) is 4.39 Å². The maximum absolute atomic E-state index is 16.0. The van der Waals surface area contributed by atoms with Crippen molar-refractivity contribution in [1.29, 1.82) is 0 Å². The van der Waals surface area contributed by atoms with Crippen molar-refractivity contribution in [2.24, 2.45) is 0 Å². The van der Waals surface area contributed by atoms with Gasteiger partial charge in [-0.3, -0.25) is 19.3 Å². The van der Waals surface area contributed by atoms with Crippen LogP contribution in [0.2, 0.25) is 5.02 Å². The zero-order valence-corrected chi connectivity index (χ0v) is 25.3. The van der Waals surface area contributed by atoms with Crippen LogP contribution in [0, 0.1) is 5.82 Å². The number of pyridine rings is 1. The van der Waals surface area contributed by atoms with Crippen LogP contribution in [0.15, 0.2) is 35.3 Å². The third-order valence-corrected chi connectivity index (χ3v) is 8.37. The van der Waals surface area contributed by atoms with Gasteiger partial charge < -0.3 is 29.4 Å². The zero-order chi connectivity index (χ0) is 32.8. The lowest BCUT2D eigenvalue weighted by Gasteiger charge is -2.45. The van der Waals surface area contributed by atoms with Crippen molar-refractivity contribution in [2.75, 3.05) is 31.6 Å². The molecule has 10 nitrogen and oxygen atoms in total. The number of hydrogen-bond donors (Lipinski definition) is 2. The molecule has 45 heavy (non-hydrogen) atoms. The van der Waals surface area contributed by atoms with E-state index in [1.54, 1.807) is 9.47 Å². The van der Waals surface area contributed by atoms with Crippen LogP contribution in [0.5, 0.6) is 11.5 Å². The minimum atomic E-state index is -4.90. The molecule has 5 rings (SSSR count). The van der Waals surface area contributed by atoms with E-state index in [9.17, 15) is 32.7 Å². The summed E-state index contributed by atoms with van der Waals surface area (Å²) in [6.07, 6.45) is -1.95. The number of methoxy groups -OCH3 is 1. The predicted octanol–water partition coefficient (Wildman–Crippen LogP) is 4.95. The van der Waals surface area contributed by atoms with Crippen LogP contribution < -0.4 is 25.1 Å². The Morgan fingerprint density at radius 2 is 1.80 bits per heavy atom. The highest BCUT2D eigenvalue weighted by Crippen LogP contribution is 2.44. The first kappa shape index (κ1) is 32.4. The highest BCUT2D eigenvalue weighted by molar-refractivity contribution is 6.31. The normalized spacial score (nSPS) is 19.1. The maximum Gasteiger partial charge on any atom is 0.573 e. The number of alkyl halides is 3. The molecule has 1 aliphatic carbocycles. The van der Waals surface area contributed by atoms with Gasteiger partial charge in [-0.1, -0.05) is 17.7 Å². The number of carboxylic acids is 1. The molecule has 1 aromatic heterocycles. The van der Waals surface area contributed by atoms with E-state index >= 15 is 4.39 Å². The molecule has 2 aliphatic rings. The first-order valence-electron chi connectivity index (χ1n) is 14.2. The molecule has 0 unspecified atom stereocenters. The highest BCUT2D eigenvalue weighted by atomic mass is 35.5. The molecular formula is C30H31ClF4N4O6. The summed E-state index contributed by atoms with van der Waals surface area (Å²) in [7, 11) is 1.38. The number of aliphatic carboxylic acids is 1. The Kier molecular flexibility index (Phi) is 8.91. The van der Waals surface area contributed by atoms with Crippen molar-refractivity contribution >= 4 is 40.1 Å². The number of amides is 1. The largest absolute Gasteiger partial charge is 0.573 e. The van der Waals surface area contributed by atoms with E-state index in [4.69, 9.17) is 16.3 Å². The molecule has 2 fully saturated rings. The fourth-order valence-corrected chi connectivity index (χ4v) is 6.12. The van der Waals surface area contributed by atoms with E-state index in [1.807, 2.05) is 18.7 Å². The van der Waals surface area contributed by atoms with Crippen LogP contribution in [0.4, 0.5) is 23.2 Å². The summed E-state index contributed by atoms with van der Waals surface area (Å²) >= 11 is 6.10. The number of nitrogens with one attached hydrogen (secondary N) is 1. The fraction of sp³-hybridized carbons (Fsp3) is 0.433. The molecule has 0 bridgehead atoms. The summed E-state index contributed by atoms with van der Waals surface area (Å²) in [5.74, 6) is -2.84. The Labute approximate surface area is 260 Å². The number of ether oxygens (including phenoxy) is 2. The average molecular weight is 655 g/mol. The van der Waals surface area contributed by atoms with Crippen molar-refractivity contribution in [3.8, 4) is 11.5 Å². The second-order valence-corrected chi connectivity index (χ2v) is 11.7. The zero-order valence-electron chi connectivity index (χ0n) is 24.6.